The van der Waals surface area contributed by atoms with Gasteiger partial charge in [0.25, 0.3) is 0 Å². The van der Waals surface area contributed by atoms with Crippen molar-refractivity contribution in [1.82, 2.24) is 15.0 Å². The lowest BCUT2D eigenvalue weighted by atomic mass is 9.86. The van der Waals surface area contributed by atoms with E-state index in [9.17, 15) is 8.42 Å². The summed E-state index contributed by atoms with van der Waals surface area (Å²) in [5.74, 6) is 1.84. The normalized spacial score (nSPS) is 22.3. The van der Waals surface area contributed by atoms with E-state index < -0.39 is 9.84 Å². The van der Waals surface area contributed by atoms with Gasteiger partial charge in [-0.05, 0) is 37.7 Å². The Bertz CT molecular complexity index is 763. The fourth-order valence-corrected chi connectivity index (χ4v) is 4.78. The second-order valence-electron chi connectivity index (χ2n) is 6.42. The minimum atomic E-state index is -2.87. The van der Waals surface area contributed by atoms with Crippen molar-refractivity contribution >= 4 is 26.7 Å². The molecule has 2 aromatic rings. The summed E-state index contributed by atoms with van der Waals surface area (Å²) in [5, 5.41) is 1.03. The SMILES string of the molecule is CCS(=O)(=O)CC1CCC(N(C)c2ncnc3[nH]ccc23)CC1. The summed E-state index contributed by atoms with van der Waals surface area (Å²) < 4.78 is 23.6. The van der Waals surface area contributed by atoms with Crippen LogP contribution in [0.1, 0.15) is 32.6 Å². The number of H-pyrrole nitrogens is 1. The molecule has 0 unspecified atom stereocenters. The number of rotatable bonds is 5. The lowest BCUT2D eigenvalue weighted by molar-refractivity contribution is 0.341. The number of aromatic amines is 1. The zero-order chi connectivity index (χ0) is 16.4. The molecule has 3 rings (SSSR count). The van der Waals surface area contributed by atoms with Crippen molar-refractivity contribution in [2.75, 3.05) is 23.5 Å². The standard InChI is InChI=1S/C16H24N4O2S/c1-3-23(21,22)10-12-4-6-13(7-5-12)20(2)16-14-8-9-17-15(14)18-11-19-16/h8-9,11-13H,3-7,10H2,1-2H3,(H,17,18,19). The first-order valence-electron chi connectivity index (χ1n) is 8.21. The van der Waals surface area contributed by atoms with Gasteiger partial charge >= 0.3 is 0 Å². The molecule has 1 aliphatic carbocycles. The van der Waals surface area contributed by atoms with Crippen molar-refractivity contribution < 1.29 is 8.42 Å². The molecule has 7 heteroatoms. The van der Waals surface area contributed by atoms with Crippen LogP contribution in [0.4, 0.5) is 5.82 Å². The van der Waals surface area contributed by atoms with E-state index in [0.717, 1.165) is 42.5 Å². The highest BCUT2D eigenvalue weighted by Gasteiger charge is 2.28. The summed E-state index contributed by atoms with van der Waals surface area (Å²) in [4.78, 5) is 14.0. The van der Waals surface area contributed by atoms with Gasteiger partial charge in [0.1, 0.15) is 27.6 Å². The highest BCUT2D eigenvalue weighted by atomic mass is 32.2. The first-order valence-corrected chi connectivity index (χ1v) is 10.0. The smallest absolute Gasteiger partial charge is 0.150 e. The Morgan fingerprint density at radius 2 is 2.00 bits per heavy atom. The topological polar surface area (TPSA) is 79.0 Å². The molecule has 1 saturated carbocycles. The summed E-state index contributed by atoms with van der Waals surface area (Å²) in [6, 6.07) is 2.41. The van der Waals surface area contributed by atoms with Crippen LogP contribution in [0.25, 0.3) is 11.0 Å². The molecule has 0 bridgehead atoms. The summed E-state index contributed by atoms with van der Waals surface area (Å²) in [7, 11) is -0.797. The molecule has 0 radical (unpaired) electrons. The number of nitrogens with zero attached hydrogens (tertiary/aromatic N) is 3. The zero-order valence-corrected chi connectivity index (χ0v) is 14.5. The number of aromatic nitrogens is 3. The van der Waals surface area contributed by atoms with Gasteiger partial charge in [0.05, 0.1) is 11.1 Å². The quantitative estimate of drug-likeness (QED) is 0.907. The average molecular weight is 336 g/mol. The minimum Gasteiger partial charge on any atom is -0.356 e. The van der Waals surface area contributed by atoms with Crippen LogP contribution in [-0.2, 0) is 9.84 Å². The molecule has 2 heterocycles. The molecule has 0 saturated heterocycles. The van der Waals surface area contributed by atoms with Gasteiger partial charge in [0, 0.05) is 25.0 Å². The van der Waals surface area contributed by atoms with Crippen LogP contribution in [0.2, 0.25) is 0 Å². The van der Waals surface area contributed by atoms with E-state index in [4.69, 9.17) is 0 Å². The van der Waals surface area contributed by atoms with Crippen LogP contribution in [-0.4, -0.2) is 48.0 Å². The Morgan fingerprint density at radius 1 is 1.26 bits per heavy atom. The van der Waals surface area contributed by atoms with Gasteiger partial charge in [-0.25, -0.2) is 18.4 Å². The summed E-state index contributed by atoms with van der Waals surface area (Å²) >= 11 is 0. The largest absolute Gasteiger partial charge is 0.356 e. The summed E-state index contributed by atoms with van der Waals surface area (Å²) in [6.07, 6.45) is 7.42. The molecule has 0 aromatic carbocycles. The lowest BCUT2D eigenvalue weighted by Crippen LogP contribution is -2.37. The van der Waals surface area contributed by atoms with Gasteiger partial charge in [-0.2, -0.15) is 0 Å². The van der Waals surface area contributed by atoms with E-state index in [1.807, 2.05) is 12.3 Å². The van der Waals surface area contributed by atoms with Crippen molar-refractivity contribution in [2.24, 2.45) is 5.92 Å². The molecular weight excluding hydrogens is 312 g/mol. The minimum absolute atomic E-state index is 0.249. The maximum absolute atomic E-state index is 11.8. The van der Waals surface area contributed by atoms with E-state index in [1.54, 1.807) is 13.3 Å². The third kappa shape index (κ3) is 3.49. The predicted octanol–water partition coefficient (Wildman–Crippen LogP) is 2.39. The van der Waals surface area contributed by atoms with Gasteiger partial charge in [0.15, 0.2) is 0 Å². The predicted molar refractivity (Wildman–Crippen MR) is 92.4 cm³/mol. The van der Waals surface area contributed by atoms with Gasteiger partial charge in [0.2, 0.25) is 0 Å². The molecule has 0 atom stereocenters. The van der Waals surface area contributed by atoms with E-state index in [-0.39, 0.29) is 5.75 Å². The summed E-state index contributed by atoms with van der Waals surface area (Å²) in [6.45, 7) is 1.73. The molecule has 2 aromatic heterocycles. The molecule has 0 aliphatic heterocycles. The van der Waals surface area contributed by atoms with Crippen molar-refractivity contribution in [3.05, 3.63) is 18.6 Å². The second-order valence-corrected chi connectivity index (χ2v) is 8.82. The maximum Gasteiger partial charge on any atom is 0.150 e. The van der Waals surface area contributed by atoms with E-state index in [0.29, 0.717) is 17.7 Å². The Hall–Kier alpha value is -1.63. The lowest BCUT2D eigenvalue weighted by Gasteiger charge is -2.35. The van der Waals surface area contributed by atoms with Crippen LogP contribution >= 0.6 is 0 Å². The van der Waals surface area contributed by atoms with Gasteiger partial charge < -0.3 is 9.88 Å². The van der Waals surface area contributed by atoms with Crippen molar-refractivity contribution in [1.29, 1.82) is 0 Å². The van der Waals surface area contributed by atoms with Crippen LogP contribution < -0.4 is 4.90 Å². The Kier molecular flexibility index (Phi) is 4.57. The van der Waals surface area contributed by atoms with Crippen LogP contribution in [0.5, 0.6) is 0 Å². The highest BCUT2D eigenvalue weighted by Crippen LogP contribution is 2.32. The second kappa shape index (κ2) is 6.47. The van der Waals surface area contributed by atoms with Crippen LogP contribution in [0.3, 0.4) is 0 Å². The van der Waals surface area contributed by atoms with Gasteiger partial charge in [-0.3, -0.25) is 0 Å². The molecular formula is C16H24N4O2S. The molecule has 126 valence electrons. The number of anilines is 1. The number of fused-ring (bicyclic) bond motifs is 1. The molecule has 1 fully saturated rings. The summed E-state index contributed by atoms with van der Waals surface area (Å²) in [5.41, 5.74) is 0.851. The number of hydrogen-bond donors (Lipinski definition) is 1. The first kappa shape index (κ1) is 16.2. The zero-order valence-electron chi connectivity index (χ0n) is 13.7. The fraction of sp³-hybridized carbons (Fsp3) is 0.625. The van der Waals surface area contributed by atoms with Crippen molar-refractivity contribution in [2.45, 2.75) is 38.6 Å². The van der Waals surface area contributed by atoms with E-state index in [2.05, 4.69) is 26.9 Å². The Labute approximate surface area is 137 Å². The molecule has 1 N–H and O–H groups in total. The van der Waals surface area contributed by atoms with E-state index >= 15 is 0 Å². The average Bonchev–Trinajstić information content (AvgIpc) is 3.03. The van der Waals surface area contributed by atoms with Crippen molar-refractivity contribution in [3.8, 4) is 0 Å². The maximum atomic E-state index is 11.8. The van der Waals surface area contributed by atoms with Crippen LogP contribution in [0.15, 0.2) is 18.6 Å². The fourth-order valence-electron chi connectivity index (χ4n) is 3.49. The van der Waals surface area contributed by atoms with Crippen LogP contribution in [0, 0.1) is 5.92 Å². The monoisotopic (exact) mass is 336 g/mol. The Balaban J connectivity index is 1.67. The third-order valence-electron chi connectivity index (χ3n) is 4.96. The molecule has 6 nitrogen and oxygen atoms in total. The number of nitrogens with one attached hydrogen (secondary N) is 1. The van der Waals surface area contributed by atoms with Crippen molar-refractivity contribution in [3.63, 3.8) is 0 Å². The molecule has 0 amide bonds. The number of sulfone groups is 1. The van der Waals surface area contributed by atoms with Gasteiger partial charge in [-0.15, -0.1) is 0 Å². The number of hydrogen-bond acceptors (Lipinski definition) is 5. The third-order valence-corrected chi connectivity index (χ3v) is 6.82. The van der Waals surface area contributed by atoms with Gasteiger partial charge in [-0.1, -0.05) is 6.92 Å². The first-order chi connectivity index (χ1) is 11.0. The highest BCUT2D eigenvalue weighted by molar-refractivity contribution is 7.91. The molecule has 0 spiro atoms. The Morgan fingerprint density at radius 3 is 2.70 bits per heavy atom. The molecule has 1 aliphatic rings. The molecule has 23 heavy (non-hydrogen) atoms. The van der Waals surface area contributed by atoms with E-state index in [1.165, 1.54) is 0 Å².